The normalized spacial score (nSPS) is 11.0. The summed E-state index contributed by atoms with van der Waals surface area (Å²) in [5, 5.41) is 4.76. The molecule has 0 atom stereocenters. The SMILES string of the molecule is CCn1cc(Cl)c(/C=C/C(=O)c2cccnc2)n1. The van der Waals surface area contributed by atoms with Gasteiger partial charge >= 0.3 is 0 Å². The van der Waals surface area contributed by atoms with Crippen LogP contribution in [0.2, 0.25) is 5.02 Å². The van der Waals surface area contributed by atoms with E-state index in [1.165, 1.54) is 12.3 Å². The monoisotopic (exact) mass is 261 g/mol. The molecule has 0 saturated heterocycles. The Kier molecular flexibility index (Phi) is 3.89. The quantitative estimate of drug-likeness (QED) is 0.628. The van der Waals surface area contributed by atoms with E-state index in [1.807, 2.05) is 6.92 Å². The number of aryl methyl sites for hydroxylation is 1. The number of ketones is 1. The molecule has 0 N–H and O–H groups in total. The smallest absolute Gasteiger partial charge is 0.187 e. The number of rotatable bonds is 4. The molecule has 0 bridgehead atoms. The maximum Gasteiger partial charge on any atom is 0.187 e. The number of hydrogen-bond donors (Lipinski definition) is 0. The third-order valence-electron chi connectivity index (χ3n) is 2.41. The maximum atomic E-state index is 11.8. The van der Waals surface area contributed by atoms with Crippen molar-refractivity contribution >= 4 is 23.5 Å². The first kappa shape index (κ1) is 12.5. The van der Waals surface area contributed by atoms with E-state index in [-0.39, 0.29) is 5.78 Å². The molecule has 5 heteroatoms. The molecule has 0 radical (unpaired) electrons. The Morgan fingerprint density at radius 3 is 3.00 bits per heavy atom. The minimum atomic E-state index is -0.120. The topological polar surface area (TPSA) is 47.8 Å². The van der Waals surface area contributed by atoms with E-state index >= 15 is 0 Å². The van der Waals surface area contributed by atoms with E-state index in [1.54, 1.807) is 35.3 Å². The van der Waals surface area contributed by atoms with Gasteiger partial charge in [0.15, 0.2) is 5.78 Å². The van der Waals surface area contributed by atoms with Crippen molar-refractivity contribution in [3.05, 3.63) is 53.1 Å². The number of carbonyl (C=O) groups excluding carboxylic acids is 1. The second-order valence-corrected chi connectivity index (χ2v) is 4.06. The fourth-order valence-corrected chi connectivity index (χ4v) is 1.66. The third kappa shape index (κ3) is 2.84. The molecular formula is C13H12ClN3O. The van der Waals surface area contributed by atoms with E-state index in [4.69, 9.17) is 11.6 Å². The Bertz CT molecular complexity index is 575. The standard InChI is InChI=1S/C13H12ClN3O/c1-2-17-9-11(14)12(16-17)5-6-13(18)10-4-3-7-15-8-10/h3-9H,2H2,1H3/b6-5+. The summed E-state index contributed by atoms with van der Waals surface area (Å²) >= 11 is 5.99. The van der Waals surface area contributed by atoms with Crippen LogP contribution in [-0.4, -0.2) is 20.5 Å². The lowest BCUT2D eigenvalue weighted by Gasteiger charge is -1.93. The minimum Gasteiger partial charge on any atom is -0.289 e. The molecule has 0 saturated carbocycles. The summed E-state index contributed by atoms with van der Waals surface area (Å²) in [5.74, 6) is -0.120. The lowest BCUT2D eigenvalue weighted by molar-refractivity contribution is 0.104. The number of allylic oxidation sites excluding steroid dienone is 1. The Hall–Kier alpha value is -1.94. The number of aromatic nitrogens is 3. The van der Waals surface area contributed by atoms with Crippen LogP contribution >= 0.6 is 11.6 Å². The molecule has 18 heavy (non-hydrogen) atoms. The third-order valence-corrected chi connectivity index (χ3v) is 2.70. The van der Waals surface area contributed by atoms with Gasteiger partial charge in [-0.2, -0.15) is 5.10 Å². The molecule has 92 valence electrons. The van der Waals surface area contributed by atoms with Gasteiger partial charge in [-0.25, -0.2) is 0 Å². The Morgan fingerprint density at radius 2 is 2.39 bits per heavy atom. The van der Waals surface area contributed by atoms with Gasteiger partial charge in [0.1, 0.15) is 5.69 Å². The van der Waals surface area contributed by atoms with Crippen LogP contribution in [0.3, 0.4) is 0 Å². The number of nitrogens with zero attached hydrogens (tertiary/aromatic N) is 3. The molecule has 4 nitrogen and oxygen atoms in total. The molecule has 0 aromatic carbocycles. The van der Waals surface area contributed by atoms with Crippen molar-refractivity contribution in [1.82, 2.24) is 14.8 Å². The molecule has 0 aliphatic carbocycles. The highest BCUT2D eigenvalue weighted by molar-refractivity contribution is 6.31. The van der Waals surface area contributed by atoms with Gasteiger partial charge in [0.05, 0.1) is 5.02 Å². The molecular weight excluding hydrogens is 250 g/mol. The predicted molar refractivity (Wildman–Crippen MR) is 70.5 cm³/mol. The van der Waals surface area contributed by atoms with Crippen molar-refractivity contribution in [1.29, 1.82) is 0 Å². The predicted octanol–water partition coefficient (Wildman–Crippen LogP) is 2.85. The van der Waals surface area contributed by atoms with E-state index in [9.17, 15) is 4.79 Å². The Balaban J connectivity index is 2.16. The van der Waals surface area contributed by atoms with Gasteiger partial charge in [-0.05, 0) is 31.2 Å². The zero-order valence-electron chi connectivity index (χ0n) is 9.88. The lowest BCUT2D eigenvalue weighted by Crippen LogP contribution is -1.95. The summed E-state index contributed by atoms with van der Waals surface area (Å²) in [5.41, 5.74) is 1.13. The molecule has 0 aliphatic heterocycles. The van der Waals surface area contributed by atoms with Crippen LogP contribution in [0, 0.1) is 0 Å². The molecule has 0 spiro atoms. The summed E-state index contributed by atoms with van der Waals surface area (Å²) in [4.78, 5) is 15.7. The molecule has 2 aromatic rings. The number of pyridine rings is 1. The van der Waals surface area contributed by atoms with Crippen LogP contribution in [0.25, 0.3) is 6.08 Å². The molecule has 0 aliphatic rings. The van der Waals surface area contributed by atoms with Crippen LogP contribution in [0.4, 0.5) is 0 Å². The van der Waals surface area contributed by atoms with E-state index in [0.717, 1.165) is 6.54 Å². The van der Waals surface area contributed by atoms with Crippen LogP contribution in [0.1, 0.15) is 23.0 Å². The molecule has 2 aromatic heterocycles. The second kappa shape index (κ2) is 5.60. The minimum absolute atomic E-state index is 0.120. The number of halogens is 1. The van der Waals surface area contributed by atoms with Crippen LogP contribution in [-0.2, 0) is 6.54 Å². The van der Waals surface area contributed by atoms with Crippen molar-refractivity contribution < 1.29 is 4.79 Å². The van der Waals surface area contributed by atoms with Crippen LogP contribution in [0.15, 0.2) is 36.8 Å². The highest BCUT2D eigenvalue weighted by atomic mass is 35.5. The highest BCUT2D eigenvalue weighted by Crippen LogP contribution is 2.15. The first-order valence-corrected chi connectivity index (χ1v) is 5.94. The van der Waals surface area contributed by atoms with Crippen molar-refractivity contribution in [2.75, 3.05) is 0 Å². The second-order valence-electron chi connectivity index (χ2n) is 3.66. The molecule has 0 amide bonds. The summed E-state index contributed by atoms with van der Waals surface area (Å²) in [6.07, 6.45) is 7.95. The molecule has 2 rings (SSSR count). The number of hydrogen-bond acceptors (Lipinski definition) is 3. The van der Waals surface area contributed by atoms with Gasteiger partial charge in [0.25, 0.3) is 0 Å². The average Bonchev–Trinajstić information content (AvgIpc) is 2.77. The first-order chi connectivity index (χ1) is 8.70. The molecule has 0 unspecified atom stereocenters. The summed E-state index contributed by atoms with van der Waals surface area (Å²) in [7, 11) is 0. The zero-order chi connectivity index (χ0) is 13.0. The summed E-state index contributed by atoms with van der Waals surface area (Å²) in [6, 6.07) is 3.44. The van der Waals surface area contributed by atoms with Crippen molar-refractivity contribution in [2.45, 2.75) is 13.5 Å². The fraction of sp³-hybridized carbons (Fsp3) is 0.154. The summed E-state index contributed by atoms with van der Waals surface area (Å²) < 4.78 is 1.72. The van der Waals surface area contributed by atoms with Crippen molar-refractivity contribution in [3.63, 3.8) is 0 Å². The summed E-state index contributed by atoms with van der Waals surface area (Å²) in [6.45, 7) is 2.71. The van der Waals surface area contributed by atoms with E-state index < -0.39 is 0 Å². The van der Waals surface area contributed by atoms with E-state index in [2.05, 4.69) is 10.1 Å². The number of carbonyl (C=O) groups is 1. The van der Waals surface area contributed by atoms with Crippen molar-refractivity contribution in [3.8, 4) is 0 Å². The first-order valence-electron chi connectivity index (χ1n) is 5.56. The van der Waals surface area contributed by atoms with Crippen molar-refractivity contribution in [2.24, 2.45) is 0 Å². The largest absolute Gasteiger partial charge is 0.289 e. The van der Waals surface area contributed by atoms with Gasteiger partial charge < -0.3 is 0 Å². The molecule has 0 fully saturated rings. The van der Waals surface area contributed by atoms with Gasteiger partial charge in [0, 0.05) is 30.7 Å². The zero-order valence-corrected chi connectivity index (χ0v) is 10.6. The van der Waals surface area contributed by atoms with Gasteiger partial charge in [-0.3, -0.25) is 14.5 Å². The highest BCUT2D eigenvalue weighted by Gasteiger charge is 2.04. The average molecular weight is 262 g/mol. The van der Waals surface area contributed by atoms with Gasteiger partial charge in [-0.1, -0.05) is 11.6 Å². The van der Waals surface area contributed by atoms with Crippen LogP contribution in [0.5, 0.6) is 0 Å². The maximum absolute atomic E-state index is 11.8. The fourth-order valence-electron chi connectivity index (χ4n) is 1.45. The van der Waals surface area contributed by atoms with Gasteiger partial charge in [-0.15, -0.1) is 0 Å². The Morgan fingerprint density at radius 1 is 1.56 bits per heavy atom. The van der Waals surface area contributed by atoms with E-state index in [0.29, 0.717) is 16.3 Å². The van der Waals surface area contributed by atoms with Crippen LogP contribution < -0.4 is 0 Å². The lowest BCUT2D eigenvalue weighted by atomic mass is 10.2. The molecule has 2 heterocycles. The Labute approximate surface area is 110 Å². The van der Waals surface area contributed by atoms with Gasteiger partial charge in [0.2, 0.25) is 0 Å².